The summed E-state index contributed by atoms with van der Waals surface area (Å²) >= 11 is 0. The number of anilines is 2. The fourth-order valence-corrected chi connectivity index (χ4v) is 4.37. The van der Waals surface area contributed by atoms with Crippen molar-refractivity contribution < 1.29 is 0 Å². The minimum atomic E-state index is 1.08. The van der Waals surface area contributed by atoms with Crippen LogP contribution >= 0.6 is 0 Å². The second-order valence-electron chi connectivity index (χ2n) is 7.07. The molecule has 0 amide bonds. The third-order valence-electron chi connectivity index (χ3n) is 5.61. The molecule has 3 heteroatoms. The van der Waals surface area contributed by atoms with Crippen molar-refractivity contribution >= 4 is 22.3 Å². The van der Waals surface area contributed by atoms with E-state index in [9.17, 15) is 0 Å². The lowest BCUT2D eigenvalue weighted by Crippen LogP contribution is -2.47. The molecule has 0 unspecified atom stereocenters. The average Bonchev–Trinajstić information content (AvgIpc) is 3.15. The molecule has 3 nitrogen and oxygen atoms in total. The second-order valence-corrected chi connectivity index (χ2v) is 7.07. The second kappa shape index (κ2) is 6.07. The fourth-order valence-electron chi connectivity index (χ4n) is 4.37. The molecule has 1 fully saturated rings. The van der Waals surface area contributed by atoms with Gasteiger partial charge in [-0.05, 0) is 43.0 Å². The highest BCUT2D eigenvalue weighted by Gasteiger charge is 2.25. The standard InChI is InChI=1S/C22H23N3/c1-2-7-17(8-3-1)24-13-15-25(16-14-24)22-18-9-4-5-11-20(18)23-21-12-6-10-19(21)22/h1-5,7-9,11H,6,10,12-16H2. The fraction of sp³-hybridized carbons (Fsp3) is 0.318. The maximum absolute atomic E-state index is 4.94. The van der Waals surface area contributed by atoms with E-state index in [2.05, 4.69) is 64.4 Å². The molecule has 2 aliphatic rings. The molecule has 0 spiro atoms. The van der Waals surface area contributed by atoms with Crippen LogP contribution in [-0.4, -0.2) is 31.2 Å². The highest BCUT2D eigenvalue weighted by atomic mass is 15.3. The summed E-state index contributed by atoms with van der Waals surface area (Å²) in [5.41, 5.74) is 6.80. The van der Waals surface area contributed by atoms with Gasteiger partial charge in [0, 0.05) is 42.9 Å². The lowest BCUT2D eigenvalue weighted by molar-refractivity contribution is 0.653. The summed E-state index contributed by atoms with van der Waals surface area (Å²) in [5, 5.41) is 1.33. The number of pyridine rings is 1. The molecule has 1 aliphatic carbocycles. The number of hydrogen-bond donors (Lipinski definition) is 0. The molecule has 0 radical (unpaired) electrons. The molecule has 0 saturated carbocycles. The molecular formula is C22H23N3. The number of nitrogens with zero attached hydrogens (tertiary/aromatic N) is 3. The maximum atomic E-state index is 4.94. The van der Waals surface area contributed by atoms with Crippen molar-refractivity contribution in [3.8, 4) is 0 Å². The average molecular weight is 329 g/mol. The van der Waals surface area contributed by atoms with E-state index < -0.39 is 0 Å². The molecule has 25 heavy (non-hydrogen) atoms. The number of hydrogen-bond acceptors (Lipinski definition) is 3. The third-order valence-corrected chi connectivity index (χ3v) is 5.61. The van der Waals surface area contributed by atoms with E-state index in [1.54, 1.807) is 0 Å². The molecule has 5 rings (SSSR count). The van der Waals surface area contributed by atoms with Crippen molar-refractivity contribution in [2.45, 2.75) is 19.3 Å². The molecular weight excluding hydrogens is 306 g/mol. The Labute approximate surface area is 148 Å². The Kier molecular flexibility index (Phi) is 3.58. The molecule has 0 atom stereocenters. The molecule has 0 bridgehead atoms. The Morgan fingerprint density at radius 3 is 2.28 bits per heavy atom. The van der Waals surface area contributed by atoms with Crippen molar-refractivity contribution in [3.63, 3.8) is 0 Å². The largest absolute Gasteiger partial charge is 0.368 e. The Bertz CT molecular complexity index is 896. The Morgan fingerprint density at radius 1 is 0.720 bits per heavy atom. The lowest BCUT2D eigenvalue weighted by atomic mass is 10.0. The number of benzene rings is 2. The normalized spacial score (nSPS) is 17.1. The van der Waals surface area contributed by atoms with E-state index in [1.807, 2.05) is 0 Å². The molecule has 126 valence electrons. The highest BCUT2D eigenvalue weighted by molar-refractivity contribution is 5.94. The van der Waals surface area contributed by atoms with Crippen LogP contribution in [0.1, 0.15) is 17.7 Å². The molecule has 1 saturated heterocycles. The van der Waals surface area contributed by atoms with Crippen LogP contribution in [0.25, 0.3) is 10.9 Å². The van der Waals surface area contributed by atoms with Gasteiger partial charge >= 0.3 is 0 Å². The van der Waals surface area contributed by atoms with Crippen molar-refractivity contribution in [2.24, 2.45) is 0 Å². The first-order valence-electron chi connectivity index (χ1n) is 9.35. The van der Waals surface area contributed by atoms with Crippen LogP contribution in [0.15, 0.2) is 54.6 Å². The lowest BCUT2D eigenvalue weighted by Gasteiger charge is -2.38. The van der Waals surface area contributed by atoms with Gasteiger partial charge in [-0.15, -0.1) is 0 Å². The zero-order chi connectivity index (χ0) is 16.6. The van der Waals surface area contributed by atoms with Crippen LogP contribution < -0.4 is 9.80 Å². The minimum absolute atomic E-state index is 1.08. The quantitative estimate of drug-likeness (QED) is 0.707. The summed E-state index contributed by atoms with van der Waals surface area (Å²) in [5.74, 6) is 0. The predicted octanol–water partition coefficient (Wildman–Crippen LogP) is 4.05. The Balaban J connectivity index is 1.49. The molecule has 2 aromatic carbocycles. The van der Waals surface area contributed by atoms with Crippen LogP contribution in [0.5, 0.6) is 0 Å². The topological polar surface area (TPSA) is 19.4 Å². The zero-order valence-corrected chi connectivity index (χ0v) is 14.5. The van der Waals surface area contributed by atoms with Gasteiger partial charge in [-0.1, -0.05) is 36.4 Å². The van der Waals surface area contributed by atoms with Gasteiger partial charge in [0.25, 0.3) is 0 Å². The van der Waals surface area contributed by atoms with Gasteiger partial charge in [0.15, 0.2) is 0 Å². The zero-order valence-electron chi connectivity index (χ0n) is 14.5. The smallest absolute Gasteiger partial charge is 0.0726 e. The first-order chi connectivity index (χ1) is 12.4. The van der Waals surface area contributed by atoms with Gasteiger partial charge in [0.1, 0.15) is 0 Å². The van der Waals surface area contributed by atoms with Crippen molar-refractivity contribution in [2.75, 3.05) is 36.0 Å². The van der Waals surface area contributed by atoms with E-state index in [4.69, 9.17) is 4.98 Å². The summed E-state index contributed by atoms with van der Waals surface area (Å²) in [4.78, 5) is 10.0. The summed E-state index contributed by atoms with van der Waals surface area (Å²) in [7, 11) is 0. The summed E-state index contributed by atoms with van der Waals surface area (Å²) in [6, 6.07) is 19.5. The predicted molar refractivity (Wildman–Crippen MR) is 105 cm³/mol. The number of aryl methyl sites for hydroxylation is 1. The SMILES string of the molecule is c1ccc(N2CCN(c3c4c(nc5ccccc35)CCC4)CC2)cc1. The molecule has 1 aromatic heterocycles. The van der Waals surface area contributed by atoms with Crippen molar-refractivity contribution in [1.82, 2.24) is 4.98 Å². The first-order valence-corrected chi connectivity index (χ1v) is 9.35. The van der Waals surface area contributed by atoms with Crippen LogP contribution in [0, 0.1) is 0 Å². The van der Waals surface area contributed by atoms with E-state index in [1.165, 1.54) is 40.9 Å². The van der Waals surface area contributed by atoms with E-state index >= 15 is 0 Å². The van der Waals surface area contributed by atoms with Crippen LogP contribution in [0.4, 0.5) is 11.4 Å². The van der Waals surface area contributed by atoms with Gasteiger partial charge in [-0.25, -0.2) is 0 Å². The maximum Gasteiger partial charge on any atom is 0.0726 e. The van der Waals surface area contributed by atoms with Gasteiger partial charge in [0.05, 0.1) is 11.2 Å². The van der Waals surface area contributed by atoms with Gasteiger partial charge in [0.2, 0.25) is 0 Å². The van der Waals surface area contributed by atoms with Crippen LogP contribution in [0.3, 0.4) is 0 Å². The molecule has 3 aromatic rings. The number of fused-ring (bicyclic) bond motifs is 2. The molecule has 1 aliphatic heterocycles. The van der Waals surface area contributed by atoms with Crippen LogP contribution in [0.2, 0.25) is 0 Å². The van der Waals surface area contributed by atoms with Gasteiger partial charge in [-0.3, -0.25) is 4.98 Å². The molecule has 0 N–H and O–H groups in total. The van der Waals surface area contributed by atoms with E-state index in [0.29, 0.717) is 0 Å². The van der Waals surface area contributed by atoms with Crippen molar-refractivity contribution in [1.29, 1.82) is 0 Å². The summed E-state index contributed by atoms with van der Waals surface area (Å²) in [6.07, 6.45) is 3.56. The number of rotatable bonds is 2. The third kappa shape index (κ3) is 2.55. The summed E-state index contributed by atoms with van der Waals surface area (Å²) in [6.45, 7) is 4.32. The Morgan fingerprint density at radius 2 is 1.44 bits per heavy atom. The van der Waals surface area contributed by atoms with E-state index in [-0.39, 0.29) is 0 Å². The number of para-hydroxylation sites is 2. The summed E-state index contributed by atoms with van der Waals surface area (Å²) < 4.78 is 0. The number of piperazine rings is 1. The van der Waals surface area contributed by atoms with Gasteiger partial charge < -0.3 is 9.80 Å². The highest BCUT2D eigenvalue weighted by Crippen LogP contribution is 2.37. The van der Waals surface area contributed by atoms with E-state index in [0.717, 1.165) is 38.1 Å². The first kappa shape index (κ1) is 14.8. The molecule has 2 heterocycles. The van der Waals surface area contributed by atoms with Crippen LogP contribution in [-0.2, 0) is 12.8 Å². The Hall–Kier alpha value is -2.55. The minimum Gasteiger partial charge on any atom is -0.368 e. The number of aromatic nitrogens is 1. The van der Waals surface area contributed by atoms with Gasteiger partial charge in [-0.2, -0.15) is 0 Å². The monoisotopic (exact) mass is 329 g/mol. The van der Waals surface area contributed by atoms with Crippen molar-refractivity contribution in [3.05, 3.63) is 65.9 Å².